The number of nitrogens with zero attached hydrogens (tertiary/aromatic N) is 6. The van der Waals surface area contributed by atoms with E-state index in [9.17, 15) is 0 Å². The van der Waals surface area contributed by atoms with Gasteiger partial charge in [-0.3, -0.25) is 4.84 Å². The largest absolute Gasteiger partial charge is 0.497 e. The van der Waals surface area contributed by atoms with Crippen LogP contribution in [0.5, 0.6) is 5.75 Å². The molecule has 11 rings (SSSR count). The molecule has 0 saturated carbocycles. The summed E-state index contributed by atoms with van der Waals surface area (Å²) < 4.78 is 12.3. The second-order valence-corrected chi connectivity index (χ2v) is 16.9. The fourth-order valence-electron chi connectivity index (χ4n) is 9.24. The monoisotopic (exact) mass is 869 g/mol. The van der Waals surface area contributed by atoms with Crippen LogP contribution in [0.4, 0.5) is 34.1 Å². The summed E-state index contributed by atoms with van der Waals surface area (Å²) in [5, 5.41) is 4.39. The van der Waals surface area contributed by atoms with Crippen molar-refractivity contribution in [3.63, 3.8) is 0 Å². The third kappa shape index (κ3) is 9.09. The van der Waals surface area contributed by atoms with E-state index in [1.807, 2.05) is 23.3 Å². The van der Waals surface area contributed by atoms with E-state index < -0.39 is 0 Å². The van der Waals surface area contributed by atoms with E-state index in [-0.39, 0.29) is 0 Å². The van der Waals surface area contributed by atoms with Crippen LogP contribution in [0.25, 0.3) is 21.9 Å². The van der Waals surface area contributed by atoms with E-state index in [1.165, 1.54) is 61.3 Å². The Hall–Kier alpha value is -7.81. The van der Waals surface area contributed by atoms with Crippen LogP contribution in [-0.4, -0.2) is 80.7 Å². The topological polar surface area (TPSA) is 37.2 Å². The molecule has 0 spiro atoms. The first-order valence-corrected chi connectivity index (χ1v) is 22.4. The highest BCUT2D eigenvalue weighted by Gasteiger charge is 2.28. The van der Waals surface area contributed by atoms with Crippen LogP contribution >= 0.6 is 0 Å². The smallest absolute Gasteiger partial charge is 0.246 e. The minimum atomic E-state index is 0.668. The van der Waals surface area contributed by atoms with Crippen molar-refractivity contribution in [1.29, 1.82) is 0 Å². The van der Waals surface area contributed by atoms with E-state index >= 15 is 0 Å². The van der Waals surface area contributed by atoms with Gasteiger partial charge in [0, 0.05) is 60.9 Å². The molecule has 3 heterocycles. The van der Waals surface area contributed by atoms with Crippen LogP contribution in [0.2, 0.25) is 0 Å². The molecule has 0 radical (unpaired) electrons. The molecule has 3 aliphatic rings. The van der Waals surface area contributed by atoms with Crippen molar-refractivity contribution in [2.24, 2.45) is 0 Å². The lowest BCUT2D eigenvalue weighted by Crippen LogP contribution is -2.34. The molecule has 0 aliphatic carbocycles. The van der Waals surface area contributed by atoms with Gasteiger partial charge in [-0.2, -0.15) is 18.8 Å². The molecule has 8 aromatic carbocycles. The molecule has 8 nitrogen and oxygen atoms in total. The molecule has 3 aliphatic heterocycles. The number of hydrogen-bond donors (Lipinski definition) is 0. The number of benzene rings is 8. The summed E-state index contributed by atoms with van der Waals surface area (Å²) in [5.74, 6) is 0.872. The molecule has 0 atom stereocenters. The fraction of sp³-hybridized carbons (Fsp3) is 0.155. The zero-order valence-electron chi connectivity index (χ0n) is 38.7. The van der Waals surface area contributed by atoms with Crippen molar-refractivity contribution in [2.75, 3.05) is 63.2 Å². The third-order valence-corrected chi connectivity index (χ3v) is 12.4. The normalized spacial score (nSPS) is 13.7. The highest BCUT2D eigenvalue weighted by Crippen LogP contribution is 2.39. The van der Waals surface area contributed by atoms with E-state index in [0.717, 1.165) is 41.6 Å². The zero-order chi connectivity index (χ0) is 45.6. The van der Waals surface area contributed by atoms with Crippen LogP contribution in [0.3, 0.4) is 0 Å². The maximum absolute atomic E-state index is 5.65. The summed E-state index contributed by atoms with van der Waals surface area (Å²) in [4.78, 5) is 10.3. The molecule has 0 aromatic heterocycles. The number of methoxy groups -OCH3 is 1. The van der Waals surface area contributed by atoms with Crippen molar-refractivity contribution in [2.45, 2.75) is 13.8 Å². The lowest BCUT2D eigenvalue weighted by atomic mass is 9.98. The minimum absolute atomic E-state index is 0.668. The van der Waals surface area contributed by atoms with Gasteiger partial charge in [0.15, 0.2) is 18.6 Å². The van der Waals surface area contributed by atoms with Crippen molar-refractivity contribution in [1.82, 2.24) is 0 Å². The maximum atomic E-state index is 5.65. The molecule has 8 heteroatoms. The predicted molar refractivity (Wildman–Crippen MR) is 274 cm³/mol. The molecule has 0 saturated heterocycles. The van der Waals surface area contributed by atoms with Crippen molar-refractivity contribution in [3.05, 3.63) is 210 Å². The van der Waals surface area contributed by atoms with Gasteiger partial charge in [0.1, 0.15) is 5.75 Å². The summed E-state index contributed by atoms with van der Waals surface area (Å²) in [6.07, 6.45) is 6.65. The predicted octanol–water partition coefficient (Wildman–Crippen LogP) is 11.9. The fourth-order valence-corrected chi connectivity index (χ4v) is 9.24. The number of para-hydroxylation sites is 4. The Labute approximate surface area is 389 Å². The SMILES string of the molecule is CON1C[N+](c2ccccc2)=Cc2ccc3ccccc3c21.COc1cc2c(c(-c3ccccc3)c1)N(C)C[N+](c1ccccc1)=C2.Cc1ccccc1[N+]1=Cc2cccc(C)c2N(C)C1. The van der Waals surface area contributed by atoms with Crippen molar-refractivity contribution < 1.29 is 23.3 Å². The summed E-state index contributed by atoms with van der Waals surface area (Å²) in [6, 6.07) is 63.2. The number of hydroxylamine groups is 1. The summed E-state index contributed by atoms with van der Waals surface area (Å²) in [7, 11) is 7.74. The molecular weight excluding hydrogens is 813 g/mol. The molecule has 66 heavy (non-hydrogen) atoms. The second-order valence-electron chi connectivity index (χ2n) is 16.9. The van der Waals surface area contributed by atoms with Crippen molar-refractivity contribution >= 4 is 63.5 Å². The number of rotatable bonds is 6. The van der Waals surface area contributed by atoms with Crippen LogP contribution in [-0.2, 0) is 4.84 Å². The van der Waals surface area contributed by atoms with Gasteiger partial charge in [-0.05, 0) is 54.6 Å². The van der Waals surface area contributed by atoms with Crippen LogP contribution in [0.15, 0.2) is 182 Å². The van der Waals surface area contributed by atoms with E-state index in [4.69, 9.17) is 9.57 Å². The molecule has 0 unspecified atom stereocenters. The number of ether oxygens (including phenoxy) is 1. The summed E-state index contributed by atoms with van der Waals surface area (Å²) in [6.45, 7) is 6.70. The number of fused-ring (bicyclic) bond motifs is 5. The Morgan fingerprint density at radius 1 is 0.455 bits per heavy atom. The van der Waals surface area contributed by atoms with Gasteiger partial charge in [-0.1, -0.05) is 127 Å². The van der Waals surface area contributed by atoms with Gasteiger partial charge in [0.25, 0.3) is 0 Å². The van der Waals surface area contributed by atoms with E-state index in [2.05, 4.69) is 234 Å². The Morgan fingerprint density at radius 3 is 1.71 bits per heavy atom. The van der Waals surface area contributed by atoms with E-state index in [0.29, 0.717) is 6.67 Å². The van der Waals surface area contributed by atoms with Gasteiger partial charge >= 0.3 is 0 Å². The van der Waals surface area contributed by atoms with Gasteiger partial charge in [0.05, 0.1) is 48.0 Å². The van der Waals surface area contributed by atoms with Gasteiger partial charge < -0.3 is 14.5 Å². The third-order valence-electron chi connectivity index (χ3n) is 12.4. The quantitative estimate of drug-likeness (QED) is 0.156. The number of aryl methyl sites for hydroxylation is 2. The lowest BCUT2D eigenvalue weighted by Gasteiger charge is -2.26. The molecule has 0 fully saturated rings. The first-order valence-electron chi connectivity index (χ1n) is 22.4. The highest BCUT2D eigenvalue weighted by atomic mass is 16.7. The molecule has 0 bridgehead atoms. The average Bonchev–Trinajstić information content (AvgIpc) is 3.36. The lowest BCUT2D eigenvalue weighted by molar-refractivity contribution is -0.444. The van der Waals surface area contributed by atoms with Gasteiger partial charge in [-0.25, -0.2) is 0 Å². The Bertz CT molecular complexity index is 3090. The molecule has 328 valence electrons. The molecule has 8 aromatic rings. The minimum Gasteiger partial charge on any atom is -0.497 e. The van der Waals surface area contributed by atoms with Crippen LogP contribution in [0, 0.1) is 13.8 Å². The highest BCUT2D eigenvalue weighted by molar-refractivity contribution is 6.03. The van der Waals surface area contributed by atoms with E-state index in [1.54, 1.807) is 14.2 Å². The Morgan fingerprint density at radius 2 is 1.02 bits per heavy atom. The summed E-state index contributed by atoms with van der Waals surface area (Å²) >= 11 is 0. The summed E-state index contributed by atoms with van der Waals surface area (Å²) in [5.41, 5.74) is 16.0. The van der Waals surface area contributed by atoms with Crippen LogP contribution < -0.4 is 19.6 Å². The maximum Gasteiger partial charge on any atom is 0.246 e. The number of hydrogen-bond acceptors (Lipinski definition) is 5. The van der Waals surface area contributed by atoms with Crippen molar-refractivity contribution in [3.8, 4) is 16.9 Å². The molecule has 0 N–H and O–H groups in total. The Kier molecular flexibility index (Phi) is 12.8. The van der Waals surface area contributed by atoms with Gasteiger partial charge in [0.2, 0.25) is 37.1 Å². The second kappa shape index (κ2) is 19.5. The molecule has 0 amide bonds. The van der Waals surface area contributed by atoms with Crippen LogP contribution in [0.1, 0.15) is 27.8 Å². The zero-order valence-corrected chi connectivity index (χ0v) is 38.7. The number of anilines is 3. The Balaban J connectivity index is 0.000000126. The standard InChI is InChI=1S/C22H21N2O.C19H17N2O.C17H19N2/c1-23-16-24(19-11-7-4-8-12-19)15-18-13-20(25-2)14-21(22(18)23)17-9-5-3-6-10-17;1-22-21-14-20(17-8-3-2-4-9-17)13-16-12-11-15-7-5-6-10-18(15)19(16)21;1-13-7-4-5-10-16(13)19-11-15-9-6-8-14(2)17(15)18(3)12-19/h3-15H,16H2,1-2H3;2-13H,14H2,1H3;4-11H,12H2,1-3H3/q3*+1. The van der Waals surface area contributed by atoms with Gasteiger partial charge in [-0.15, -0.1) is 0 Å². The first kappa shape index (κ1) is 43.4. The molecular formula is C58H57N6O2+3. The average molecular weight is 870 g/mol. The first-order chi connectivity index (χ1) is 32.3.